The second-order valence-corrected chi connectivity index (χ2v) is 8.97. The van der Waals surface area contributed by atoms with E-state index in [9.17, 15) is 8.42 Å². The maximum absolute atomic E-state index is 11.5. The Morgan fingerprint density at radius 2 is 1.72 bits per heavy atom. The van der Waals surface area contributed by atoms with Crippen molar-refractivity contribution < 1.29 is 8.42 Å². The van der Waals surface area contributed by atoms with Gasteiger partial charge in [-0.15, -0.1) is 24.0 Å². The van der Waals surface area contributed by atoms with Crippen LogP contribution in [0.15, 0.2) is 58.4 Å². The highest BCUT2D eigenvalue weighted by Crippen LogP contribution is 2.22. The summed E-state index contributed by atoms with van der Waals surface area (Å²) in [6.45, 7) is 7.66. The SMILES string of the molecule is CCc1ccc(C(C)(C)CNC(=NC)NCc2cccc(S(N)(=O)=O)c2)cc1.I. The van der Waals surface area contributed by atoms with Crippen LogP contribution in [0.3, 0.4) is 0 Å². The van der Waals surface area contributed by atoms with Gasteiger partial charge in [0.2, 0.25) is 10.0 Å². The first kappa shape index (κ1) is 25.4. The Hall–Kier alpha value is -1.65. The van der Waals surface area contributed by atoms with Gasteiger partial charge in [0.1, 0.15) is 0 Å². The molecule has 160 valence electrons. The fourth-order valence-corrected chi connectivity index (χ4v) is 3.42. The summed E-state index contributed by atoms with van der Waals surface area (Å²) >= 11 is 0. The highest BCUT2D eigenvalue weighted by molar-refractivity contribution is 14.0. The second-order valence-electron chi connectivity index (χ2n) is 7.41. The molecular weight excluding hydrogens is 499 g/mol. The zero-order valence-corrected chi connectivity index (χ0v) is 20.5. The fourth-order valence-electron chi connectivity index (χ4n) is 2.84. The van der Waals surface area contributed by atoms with E-state index in [1.54, 1.807) is 19.2 Å². The van der Waals surface area contributed by atoms with Gasteiger partial charge < -0.3 is 10.6 Å². The molecule has 4 N–H and O–H groups in total. The number of nitrogens with two attached hydrogens (primary N) is 1. The zero-order valence-electron chi connectivity index (χ0n) is 17.4. The molecular formula is C21H31IN4O2S. The molecule has 0 spiro atoms. The van der Waals surface area contributed by atoms with E-state index in [-0.39, 0.29) is 34.3 Å². The molecule has 0 saturated heterocycles. The molecule has 2 aromatic rings. The molecule has 0 bridgehead atoms. The summed E-state index contributed by atoms with van der Waals surface area (Å²) in [7, 11) is -2.00. The van der Waals surface area contributed by atoms with Crippen molar-refractivity contribution in [3.05, 3.63) is 65.2 Å². The van der Waals surface area contributed by atoms with Crippen LogP contribution in [0.2, 0.25) is 0 Å². The molecule has 0 saturated carbocycles. The van der Waals surface area contributed by atoms with Crippen LogP contribution in [0.1, 0.15) is 37.5 Å². The van der Waals surface area contributed by atoms with Gasteiger partial charge in [-0.1, -0.05) is 57.2 Å². The molecule has 8 heteroatoms. The Balaban J connectivity index is 0.00000420. The van der Waals surface area contributed by atoms with Crippen molar-refractivity contribution in [2.75, 3.05) is 13.6 Å². The van der Waals surface area contributed by atoms with Crippen LogP contribution in [0, 0.1) is 0 Å². The van der Waals surface area contributed by atoms with Gasteiger partial charge in [-0.3, -0.25) is 4.99 Å². The van der Waals surface area contributed by atoms with Crippen LogP contribution < -0.4 is 15.8 Å². The standard InChI is InChI=1S/C21H30N4O2S.HI/c1-5-16-9-11-18(12-10-16)21(2,3)15-25-20(23-4)24-14-17-7-6-8-19(13-17)28(22,26)27;/h6-13H,5,14-15H2,1-4H3,(H2,22,26,27)(H2,23,24,25);1H. The molecule has 0 heterocycles. The number of rotatable bonds is 7. The number of guanidine groups is 1. The monoisotopic (exact) mass is 530 g/mol. The van der Waals surface area contributed by atoms with Gasteiger partial charge in [-0.2, -0.15) is 0 Å². The van der Waals surface area contributed by atoms with Crippen molar-refractivity contribution in [2.24, 2.45) is 10.1 Å². The minimum atomic E-state index is -3.71. The smallest absolute Gasteiger partial charge is 0.238 e. The van der Waals surface area contributed by atoms with Crippen molar-refractivity contribution in [1.29, 1.82) is 0 Å². The molecule has 0 radical (unpaired) electrons. The lowest BCUT2D eigenvalue weighted by molar-refractivity contribution is 0.508. The zero-order chi connectivity index (χ0) is 20.8. The Labute approximate surface area is 191 Å². The second kappa shape index (κ2) is 10.9. The van der Waals surface area contributed by atoms with Gasteiger partial charge >= 0.3 is 0 Å². The van der Waals surface area contributed by atoms with Crippen LogP contribution in [0.5, 0.6) is 0 Å². The molecule has 0 aliphatic heterocycles. The quantitative estimate of drug-likeness (QED) is 0.291. The van der Waals surface area contributed by atoms with E-state index >= 15 is 0 Å². The third-order valence-electron chi connectivity index (χ3n) is 4.75. The molecule has 29 heavy (non-hydrogen) atoms. The average molecular weight is 530 g/mol. The van der Waals surface area contributed by atoms with Crippen molar-refractivity contribution in [1.82, 2.24) is 10.6 Å². The number of sulfonamides is 1. The van der Waals surface area contributed by atoms with Gasteiger partial charge in [0.15, 0.2) is 5.96 Å². The van der Waals surface area contributed by atoms with Crippen molar-refractivity contribution in [2.45, 2.75) is 44.0 Å². The summed E-state index contributed by atoms with van der Waals surface area (Å²) in [6.07, 6.45) is 1.03. The van der Waals surface area contributed by atoms with Gasteiger partial charge in [0.25, 0.3) is 0 Å². The van der Waals surface area contributed by atoms with Crippen LogP contribution in [0.25, 0.3) is 0 Å². The Bertz CT molecular complexity index is 926. The maximum atomic E-state index is 11.5. The Morgan fingerprint density at radius 1 is 1.07 bits per heavy atom. The third kappa shape index (κ3) is 7.60. The lowest BCUT2D eigenvalue weighted by Gasteiger charge is -2.27. The van der Waals surface area contributed by atoms with Crippen molar-refractivity contribution in [3.63, 3.8) is 0 Å². The summed E-state index contributed by atoms with van der Waals surface area (Å²) in [6, 6.07) is 15.3. The number of halogens is 1. The predicted molar refractivity (Wildman–Crippen MR) is 130 cm³/mol. The number of nitrogens with zero attached hydrogens (tertiary/aromatic N) is 1. The van der Waals surface area contributed by atoms with E-state index in [2.05, 4.69) is 60.7 Å². The first-order chi connectivity index (χ1) is 13.2. The van der Waals surface area contributed by atoms with Gasteiger partial charge in [0, 0.05) is 25.6 Å². The van der Waals surface area contributed by atoms with Crippen LogP contribution in [-0.4, -0.2) is 28.0 Å². The summed E-state index contributed by atoms with van der Waals surface area (Å²) in [5, 5.41) is 11.8. The third-order valence-corrected chi connectivity index (χ3v) is 5.66. The van der Waals surface area contributed by atoms with Crippen LogP contribution >= 0.6 is 24.0 Å². The summed E-state index contributed by atoms with van der Waals surface area (Å²) in [5.74, 6) is 0.652. The molecule has 2 aromatic carbocycles. The van der Waals surface area contributed by atoms with E-state index in [0.717, 1.165) is 12.0 Å². The average Bonchev–Trinajstić information content (AvgIpc) is 2.67. The first-order valence-electron chi connectivity index (χ1n) is 9.31. The maximum Gasteiger partial charge on any atom is 0.238 e. The van der Waals surface area contributed by atoms with Gasteiger partial charge in [0.05, 0.1) is 4.90 Å². The molecule has 2 rings (SSSR count). The van der Waals surface area contributed by atoms with Crippen LogP contribution in [0.4, 0.5) is 0 Å². The molecule has 0 aliphatic rings. The molecule has 0 atom stereocenters. The highest BCUT2D eigenvalue weighted by Gasteiger charge is 2.21. The number of aliphatic imine (C=N–C) groups is 1. The summed E-state index contributed by atoms with van der Waals surface area (Å²) < 4.78 is 23.0. The van der Waals surface area contributed by atoms with E-state index in [0.29, 0.717) is 19.0 Å². The Morgan fingerprint density at radius 3 is 2.28 bits per heavy atom. The first-order valence-corrected chi connectivity index (χ1v) is 10.9. The van der Waals surface area contributed by atoms with E-state index in [4.69, 9.17) is 5.14 Å². The number of aryl methyl sites for hydroxylation is 1. The van der Waals surface area contributed by atoms with Gasteiger partial charge in [-0.25, -0.2) is 13.6 Å². The van der Waals surface area contributed by atoms with Gasteiger partial charge in [-0.05, 0) is 35.2 Å². The van der Waals surface area contributed by atoms with E-state index < -0.39 is 10.0 Å². The largest absolute Gasteiger partial charge is 0.356 e. The van der Waals surface area contributed by atoms with E-state index in [1.165, 1.54) is 17.2 Å². The number of benzene rings is 2. The van der Waals surface area contributed by atoms with Crippen molar-refractivity contribution >= 4 is 40.0 Å². The lowest BCUT2D eigenvalue weighted by atomic mass is 9.84. The Kier molecular flexibility index (Phi) is 9.57. The molecule has 6 nitrogen and oxygen atoms in total. The minimum Gasteiger partial charge on any atom is -0.356 e. The van der Waals surface area contributed by atoms with E-state index in [1.807, 2.05) is 6.07 Å². The summed E-state index contributed by atoms with van der Waals surface area (Å²) in [4.78, 5) is 4.35. The van der Waals surface area contributed by atoms with Crippen LogP contribution in [-0.2, 0) is 28.4 Å². The number of primary sulfonamides is 1. The molecule has 0 amide bonds. The topological polar surface area (TPSA) is 96.6 Å². The highest BCUT2D eigenvalue weighted by atomic mass is 127. The fraction of sp³-hybridized carbons (Fsp3) is 0.381. The lowest BCUT2D eigenvalue weighted by Crippen LogP contribution is -2.43. The molecule has 0 aliphatic carbocycles. The number of hydrogen-bond acceptors (Lipinski definition) is 3. The normalized spacial score (nSPS) is 12.2. The predicted octanol–water partition coefficient (Wildman–Crippen LogP) is 3.16. The molecule has 0 aromatic heterocycles. The number of hydrogen-bond donors (Lipinski definition) is 3. The number of nitrogens with one attached hydrogen (secondary N) is 2. The minimum absolute atomic E-state index is 0. The van der Waals surface area contributed by atoms with Crippen molar-refractivity contribution in [3.8, 4) is 0 Å². The molecule has 0 fully saturated rings. The summed E-state index contributed by atoms with van der Waals surface area (Å²) in [5.41, 5.74) is 3.32. The molecule has 0 unspecified atom stereocenters.